The number of benzene rings is 1. The van der Waals surface area contributed by atoms with Crippen molar-refractivity contribution in [2.75, 3.05) is 26.5 Å². The molecule has 0 unspecified atom stereocenters. The van der Waals surface area contributed by atoms with E-state index in [4.69, 9.17) is 9.47 Å². The van der Waals surface area contributed by atoms with Crippen molar-refractivity contribution in [3.8, 4) is 11.5 Å². The van der Waals surface area contributed by atoms with Crippen LogP contribution in [0.5, 0.6) is 11.5 Å². The van der Waals surface area contributed by atoms with E-state index in [0.717, 1.165) is 43.9 Å². The van der Waals surface area contributed by atoms with E-state index in [2.05, 4.69) is 11.4 Å². The summed E-state index contributed by atoms with van der Waals surface area (Å²) < 4.78 is 22.5. The Labute approximate surface area is 129 Å². The highest BCUT2D eigenvalue weighted by Gasteiger charge is 2.20. The summed E-state index contributed by atoms with van der Waals surface area (Å²) in [6.45, 7) is 3.65. The Morgan fingerprint density at radius 2 is 2.33 bits per heavy atom. The van der Waals surface area contributed by atoms with E-state index >= 15 is 0 Å². The molecule has 1 aromatic carbocycles. The summed E-state index contributed by atoms with van der Waals surface area (Å²) in [6.07, 6.45) is 4.78. The smallest absolute Gasteiger partial charge is 0.127 e. The molecule has 5 heteroatoms. The number of fused-ring (bicyclic) bond motifs is 1. The van der Waals surface area contributed by atoms with E-state index < -0.39 is 10.8 Å². The third kappa shape index (κ3) is 4.45. The predicted molar refractivity (Wildman–Crippen MR) is 86.6 cm³/mol. The number of hydrogen-bond acceptors (Lipinski definition) is 4. The highest BCUT2D eigenvalue weighted by molar-refractivity contribution is 7.84. The summed E-state index contributed by atoms with van der Waals surface area (Å²) in [7, 11) is 0.916. The van der Waals surface area contributed by atoms with Gasteiger partial charge < -0.3 is 14.8 Å². The molecule has 118 valence electrons. The summed E-state index contributed by atoms with van der Waals surface area (Å²) in [5.74, 6) is 1.74. The molecule has 0 fully saturated rings. The molecule has 0 amide bonds. The molecular weight excluding hydrogens is 286 g/mol. The van der Waals surface area contributed by atoms with Crippen molar-refractivity contribution < 1.29 is 13.7 Å². The van der Waals surface area contributed by atoms with E-state index in [1.165, 1.54) is 5.56 Å². The molecule has 1 aromatic rings. The zero-order valence-corrected chi connectivity index (χ0v) is 13.9. The minimum Gasteiger partial charge on any atom is -0.497 e. The lowest BCUT2D eigenvalue weighted by atomic mass is 10.0. The lowest BCUT2D eigenvalue weighted by Gasteiger charge is -2.19. The lowest BCUT2D eigenvalue weighted by Crippen LogP contribution is -2.25. The van der Waals surface area contributed by atoms with Gasteiger partial charge in [0.05, 0.1) is 13.7 Å². The van der Waals surface area contributed by atoms with Gasteiger partial charge in [-0.25, -0.2) is 0 Å². The molecule has 0 aliphatic carbocycles. The summed E-state index contributed by atoms with van der Waals surface area (Å²) in [5, 5.41) is 3.82. The van der Waals surface area contributed by atoms with Crippen molar-refractivity contribution in [2.45, 2.75) is 37.5 Å². The molecule has 4 nitrogen and oxygen atoms in total. The van der Waals surface area contributed by atoms with Crippen LogP contribution in [-0.4, -0.2) is 36.0 Å². The van der Waals surface area contributed by atoms with Crippen LogP contribution in [-0.2, 0) is 10.8 Å². The summed E-state index contributed by atoms with van der Waals surface area (Å²) in [5.41, 5.74) is 1.19. The Morgan fingerprint density at radius 3 is 3.05 bits per heavy atom. The Morgan fingerprint density at radius 1 is 1.52 bits per heavy atom. The van der Waals surface area contributed by atoms with E-state index in [-0.39, 0.29) is 5.25 Å². The van der Waals surface area contributed by atoms with Gasteiger partial charge in [0.25, 0.3) is 0 Å². The molecule has 1 aliphatic rings. The Bertz CT molecular complexity index is 492. The van der Waals surface area contributed by atoms with Gasteiger partial charge in [-0.1, -0.05) is 13.0 Å². The first kappa shape index (κ1) is 16.3. The number of rotatable bonds is 6. The maximum Gasteiger partial charge on any atom is 0.127 e. The van der Waals surface area contributed by atoms with Crippen LogP contribution in [0, 0.1) is 0 Å². The molecule has 0 saturated heterocycles. The molecule has 0 saturated carbocycles. The van der Waals surface area contributed by atoms with Crippen LogP contribution in [0.15, 0.2) is 18.2 Å². The number of nitrogens with one attached hydrogen (secondary N) is 1. The quantitative estimate of drug-likeness (QED) is 0.877. The van der Waals surface area contributed by atoms with Crippen LogP contribution in [0.3, 0.4) is 0 Å². The average Bonchev–Trinajstić information content (AvgIpc) is 2.68. The summed E-state index contributed by atoms with van der Waals surface area (Å²) >= 11 is 0. The topological polar surface area (TPSA) is 47.6 Å². The van der Waals surface area contributed by atoms with Crippen LogP contribution < -0.4 is 14.8 Å². The maximum absolute atomic E-state index is 11.4. The van der Waals surface area contributed by atoms with Crippen molar-refractivity contribution >= 4 is 10.8 Å². The molecular formula is C16H25NO3S. The van der Waals surface area contributed by atoms with Crippen LogP contribution in [0.2, 0.25) is 0 Å². The minimum absolute atomic E-state index is 0.231. The molecule has 3 atom stereocenters. The van der Waals surface area contributed by atoms with E-state index in [1.54, 1.807) is 13.4 Å². The van der Waals surface area contributed by atoms with Crippen LogP contribution >= 0.6 is 0 Å². The summed E-state index contributed by atoms with van der Waals surface area (Å²) in [4.78, 5) is 0. The van der Waals surface area contributed by atoms with Gasteiger partial charge in [-0.05, 0) is 31.9 Å². The lowest BCUT2D eigenvalue weighted by molar-refractivity contribution is 0.313. The zero-order valence-electron chi connectivity index (χ0n) is 13.1. The van der Waals surface area contributed by atoms with Crippen molar-refractivity contribution in [1.82, 2.24) is 5.32 Å². The van der Waals surface area contributed by atoms with Crippen molar-refractivity contribution in [3.05, 3.63) is 23.8 Å². The van der Waals surface area contributed by atoms with E-state index in [1.807, 2.05) is 19.1 Å². The number of ether oxygens (including phenoxy) is 2. The molecule has 0 aromatic heterocycles. The number of hydrogen-bond donors (Lipinski definition) is 1. The van der Waals surface area contributed by atoms with Gasteiger partial charge in [0.15, 0.2) is 0 Å². The van der Waals surface area contributed by atoms with Crippen LogP contribution in [0.25, 0.3) is 0 Å². The van der Waals surface area contributed by atoms with Gasteiger partial charge in [0.1, 0.15) is 11.5 Å². The van der Waals surface area contributed by atoms with Gasteiger partial charge >= 0.3 is 0 Å². The van der Waals surface area contributed by atoms with Gasteiger partial charge in [-0.2, -0.15) is 0 Å². The molecule has 0 bridgehead atoms. The van der Waals surface area contributed by atoms with Gasteiger partial charge in [-0.15, -0.1) is 0 Å². The third-order valence-corrected chi connectivity index (χ3v) is 5.37. The minimum atomic E-state index is -0.751. The molecule has 0 radical (unpaired) electrons. The van der Waals surface area contributed by atoms with Gasteiger partial charge in [0, 0.05) is 40.0 Å². The van der Waals surface area contributed by atoms with Gasteiger partial charge in [-0.3, -0.25) is 4.21 Å². The maximum atomic E-state index is 11.4. The monoisotopic (exact) mass is 311 g/mol. The Kier molecular flexibility index (Phi) is 6.06. The molecule has 1 N–H and O–H groups in total. The Balaban J connectivity index is 2.02. The second-order valence-corrected chi connectivity index (χ2v) is 7.30. The van der Waals surface area contributed by atoms with Crippen molar-refractivity contribution in [1.29, 1.82) is 0 Å². The van der Waals surface area contributed by atoms with Crippen LogP contribution in [0.1, 0.15) is 37.8 Å². The second kappa shape index (κ2) is 7.80. The van der Waals surface area contributed by atoms with Crippen molar-refractivity contribution in [2.24, 2.45) is 0 Å². The third-order valence-electron chi connectivity index (χ3n) is 4.00. The first-order valence-corrected chi connectivity index (χ1v) is 9.10. The normalized spacial score (nSPS) is 20.8. The fraction of sp³-hybridized carbons (Fsp3) is 0.625. The SMILES string of the molecule is COc1ccc2c(c1)OCCC[C@@H]2NCC[C@H](C)[S@@](C)=O. The number of methoxy groups -OCH3 is 1. The first-order valence-electron chi connectivity index (χ1n) is 7.48. The molecule has 0 spiro atoms. The fourth-order valence-electron chi connectivity index (χ4n) is 2.52. The highest BCUT2D eigenvalue weighted by Crippen LogP contribution is 2.34. The molecule has 21 heavy (non-hydrogen) atoms. The molecule has 2 rings (SSSR count). The fourth-order valence-corrected chi connectivity index (χ4v) is 2.97. The molecule has 1 aliphatic heterocycles. The highest BCUT2D eigenvalue weighted by atomic mass is 32.2. The zero-order chi connectivity index (χ0) is 15.2. The first-order chi connectivity index (χ1) is 10.1. The largest absolute Gasteiger partial charge is 0.497 e. The van der Waals surface area contributed by atoms with Gasteiger partial charge in [0.2, 0.25) is 0 Å². The van der Waals surface area contributed by atoms with E-state index in [9.17, 15) is 4.21 Å². The molecule has 1 heterocycles. The average molecular weight is 311 g/mol. The van der Waals surface area contributed by atoms with E-state index in [0.29, 0.717) is 6.04 Å². The summed E-state index contributed by atoms with van der Waals surface area (Å²) in [6, 6.07) is 6.31. The standard InChI is InChI=1S/C16H25NO3S/c1-12(21(3)18)8-9-17-15-5-4-10-20-16-11-13(19-2)6-7-14(15)16/h6-7,11-12,15,17H,4-5,8-10H2,1-3H3/t12-,15-,21+/m0/s1. The second-order valence-electron chi connectivity index (χ2n) is 5.50. The van der Waals surface area contributed by atoms with Crippen LogP contribution in [0.4, 0.5) is 0 Å². The Hall–Kier alpha value is -1.07. The predicted octanol–water partition coefficient (Wildman–Crippen LogP) is 2.66. The van der Waals surface area contributed by atoms with Crippen molar-refractivity contribution in [3.63, 3.8) is 0 Å².